The quantitative estimate of drug-likeness (QED) is 0.633. The van der Waals surface area contributed by atoms with E-state index in [-0.39, 0.29) is 0 Å². The van der Waals surface area contributed by atoms with Gasteiger partial charge in [0.25, 0.3) is 0 Å². The van der Waals surface area contributed by atoms with E-state index in [1.165, 1.54) is 11.1 Å². The lowest BCUT2D eigenvalue weighted by Gasteiger charge is -2.00. The molecular formula is C12H15N. The zero-order valence-corrected chi connectivity index (χ0v) is 8.39. The summed E-state index contributed by atoms with van der Waals surface area (Å²) in [7, 11) is 1.91. The van der Waals surface area contributed by atoms with Crippen LogP contribution in [0, 0.1) is 0 Å². The summed E-state index contributed by atoms with van der Waals surface area (Å²) >= 11 is 0. The van der Waals surface area contributed by atoms with E-state index < -0.39 is 0 Å². The van der Waals surface area contributed by atoms with Gasteiger partial charge in [0.15, 0.2) is 0 Å². The molecule has 0 aromatic heterocycles. The maximum absolute atomic E-state index is 3.15. The van der Waals surface area contributed by atoms with Gasteiger partial charge in [-0.2, -0.15) is 0 Å². The highest BCUT2D eigenvalue weighted by molar-refractivity contribution is 5.44. The van der Waals surface area contributed by atoms with Crippen molar-refractivity contribution in [3.8, 4) is 0 Å². The molecule has 0 aliphatic heterocycles. The lowest BCUT2D eigenvalue weighted by Crippen LogP contribution is -1.95. The first-order chi connectivity index (χ1) is 6.24. The summed E-state index contributed by atoms with van der Waals surface area (Å²) in [6.45, 7) is 4.13. The Morgan fingerprint density at radius 1 is 1.46 bits per heavy atom. The molecule has 1 heteroatoms. The second kappa shape index (κ2) is 4.54. The van der Waals surface area contributed by atoms with Gasteiger partial charge in [-0.3, -0.25) is 0 Å². The Hall–Kier alpha value is -1.46. The molecule has 0 saturated heterocycles. The monoisotopic (exact) mass is 173 g/mol. The molecule has 13 heavy (non-hydrogen) atoms. The van der Waals surface area contributed by atoms with E-state index in [2.05, 4.69) is 36.2 Å². The molecule has 1 N–H and O–H groups in total. The fourth-order valence-corrected chi connectivity index (χ4v) is 1.14. The Balaban J connectivity index is 2.88. The average Bonchev–Trinajstić information content (AvgIpc) is 2.30. The van der Waals surface area contributed by atoms with Crippen LogP contribution in [0.15, 0.2) is 53.0 Å². The van der Waals surface area contributed by atoms with Crippen LogP contribution in [0.3, 0.4) is 0 Å². The van der Waals surface area contributed by atoms with Crippen molar-refractivity contribution in [3.63, 3.8) is 0 Å². The average molecular weight is 173 g/mol. The standard InChI is InChI=1S/C12H15N/c1-10-5-4-6-12(8-7-10)11(2)9-13-3/h4,6-9,13H,1-3H3/b11-9+. The normalized spacial score (nSPS) is 16.4. The Bertz CT molecular complexity index is 334. The van der Waals surface area contributed by atoms with E-state index in [9.17, 15) is 0 Å². The topological polar surface area (TPSA) is 12.0 Å². The van der Waals surface area contributed by atoms with Crippen LogP contribution in [0.2, 0.25) is 0 Å². The van der Waals surface area contributed by atoms with E-state index in [4.69, 9.17) is 0 Å². The summed E-state index contributed by atoms with van der Waals surface area (Å²) in [6.07, 6.45) is 10.2. The molecule has 0 aromatic rings. The van der Waals surface area contributed by atoms with Gasteiger partial charge in [-0.15, -0.1) is 5.73 Å². The van der Waals surface area contributed by atoms with Gasteiger partial charge in [0.05, 0.1) is 0 Å². The Morgan fingerprint density at radius 2 is 2.23 bits per heavy atom. The second-order valence-electron chi connectivity index (χ2n) is 3.07. The van der Waals surface area contributed by atoms with Crippen LogP contribution >= 0.6 is 0 Å². The van der Waals surface area contributed by atoms with E-state index in [0.717, 1.165) is 5.57 Å². The predicted octanol–water partition coefficient (Wildman–Crippen LogP) is 2.71. The van der Waals surface area contributed by atoms with Gasteiger partial charge in [-0.1, -0.05) is 12.2 Å². The number of nitrogens with one attached hydrogen (secondary N) is 1. The largest absolute Gasteiger partial charge is 0.394 e. The molecule has 0 unspecified atom stereocenters. The molecule has 68 valence electrons. The fourth-order valence-electron chi connectivity index (χ4n) is 1.14. The number of hydrogen-bond donors (Lipinski definition) is 1. The second-order valence-corrected chi connectivity index (χ2v) is 3.07. The van der Waals surface area contributed by atoms with Gasteiger partial charge >= 0.3 is 0 Å². The first kappa shape index (κ1) is 9.63. The molecule has 0 fully saturated rings. The maximum atomic E-state index is 3.15. The van der Waals surface area contributed by atoms with Crippen molar-refractivity contribution >= 4 is 0 Å². The zero-order chi connectivity index (χ0) is 9.68. The summed E-state index contributed by atoms with van der Waals surface area (Å²) in [5, 5.41) is 3.02. The lowest BCUT2D eigenvalue weighted by atomic mass is 10.1. The summed E-state index contributed by atoms with van der Waals surface area (Å²) < 4.78 is 0. The van der Waals surface area contributed by atoms with Gasteiger partial charge in [0.1, 0.15) is 0 Å². The van der Waals surface area contributed by atoms with Crippen LogP contribution in [-0.2, 0) is 0 Å². The van der Waals surface area contributed by atoms with Gasteiger partial charge in [0, 0.05) is 7.05 Å². The van der Waals surface area contributed by atoms with Crippen LogP contribution in [0.25, 0.3) is 0 Å². The molecular weight excluding hydrogens is 158 g/mol. The highest BCUT2D eigenvalue weighted by atomic mass is 14.8. The van der Waals surface area contributed by atoms with Crippen molar-refractivity contribution in [2.45, 2.75) is 13.8 Å². The molecule has 0 heterocycles. The third-order valence-electron chi connectivity index (χ3n) is 1.90. The van der Waals surface area contributed by atoms with Crippen molar-refractivity contribution in [3.05, 3.63) is 53.0 Å². The van der Waals surface area contributed by atoms with Gasteiger partial charge in [-0.25, -0.2) is 0 Å². The van der Waals surface area contributed by atoms with Crippen LogP contribution in [-0.4, -0.2) is 7.05 Å². The third-order valence-corrected chi connectivity index (χ3v) is 1.90. The van der Waals surface area contributed by atoms with E-state index >= 15 is 0 Å². The summed E-state index contributed by atoms with van der Waals surface area (Å²) in [5.41, 5.74) is 6.76. The fraction of sp³-hybridized carbons (Fsp3) is 0.250. The molecule has 1 aliphatic rings. The summed E-state index contributed by atoms with van der Waals surface area (Å²) in [5.74, 6) is 0. The highest BCUT2D eigenvalue weighted by Crippen LogP contribution is 2.13. The zero-order valence-electron chi connectivity index (χ0n) is 8.39. The maximum Gasteiger partial charge on any atom is 0.00278 e. The molecule has 0 bridgehead atoms. The van der Waals surface area contributed by atoms with Crippen LogP contribution < -0.4 is 5.32 Å². The molecule has 1 rings (SSSR count). The molecule has 0 amide bonds. The summed E-state index contributed by atoms with van der Waals surface area (Å²) in [6, 6.07) is 0. The SMILES string of the molecule is CN/C=C(\C)C1=CC=C=C(C)C=C1. The first-order valence-electron chi connectivity index (χ1n) is 4.40. The minimum atomic E-state index is 1.16. The first-order valence-corrected chi connectivity index (χ1v) is 4.40. The lowest BCUT2D eigenvalue weighted by molar-refractivity contribution is 1.08. The Kier molecular flexibility index (Phi) is 3.36. The number of rotatable bonds is 2. The van der Waals surface area contributed by atoms with E-state index in [0.29, 0.717) is 0 Å². The molecule has 0 spiro atoms. The van der Waals surface area contributed by atoms with Crippen LogP contribution in [0.4, 0.5) is 0 Å². The molecule has 1 nitrogen and oxygen atoms in total. The van der Waals surface area contributed by atoms with Crippen molar-refractivity contribution in [2.24, 2.45) is 0 Å². The summed E-state index contributed by atoms with van der Waals surface area (Å²) in [4.78, 5) is 0. The van der Waals surface area contributed by atoms with E-state index in [1.807, 2.05) is 26.2 Å². The third kappa shape index (κ3) is 2.81. The Morgan fingerprint density at radius 3 is 2.92 bits per heavy atom. The van der Waals surface area contributed by atoms with Crippen LogP contribution in [0.1, 0.15) is 13.8 Å². The minimum Gasteiger partial charge on any atom is -0.394 e. The van der Waals surface area contributed by atoms with Crippen molar-refractivity contribution in [1.29, 1.82) is 0 Å². The van der Waals surface area contributed by atoms with Crippen LogP contribution in [0.5, 0.6) is 0 Å². The number of hydrogen-bond acceptors (Lipinski definition) is 1. The smallest absolute Gasteiger partial charge is 0.00278 e. The molecule has 0 radical (unpaired) electrons. The van der Waals surface area contributed by atoms with Crippen molar-refractivity contribution < 1.29 is 0 Å². The van der Waals surface area contributed by atoms with Crippen molar-refractivity contribution in [2.75, 3.05) is 7.05 Å². The van der Waals surface area contributed by atoms with Gasteiger partial charge < -0.3 is 5.32 Å². The predicted molar refractivity (Wildman–Crippen MR) is 57.3 cm³/mol. The van der Waals surface area contributed by atoms with Crippen molar-refractivity contribution in [1.82, 2.24) is 5.32 Å². The van der Waals surface area contributed by atoms with Gasteiger partial charge in [-0.05, 0) is 48.9 Å². The Labute approximate surface area is 79.8 Å². The van der Waals surface area contributed by atoms with Gasteiger partial charge in [0.2, 0.25) is 0 Å². The van der Waals surface area contributed by atoms with E-state index in [1.54, 1.807) is 0 Å². The molecule has 0 saturated carbocycles. The highest BCUT2D eigenvalue weighted by Gasteiger charge is 1.95. The molecule has 1 aliphatic carbocycles. The molecule has 0 aromatic carbocycles. The minimum absolute atomic E-state index is 1.16. The molecule has 0 atom stereocenters. The number of allylic oxidation sites excluding steroid dienone is 6.